The summed E-state index contributed by atoms with van der Waals surface area (Å²) in [6.45, 7) is 3.62. The summed E-state index contributed by atoms with van der Waals surface area (Å²) >= 11 is 0. The number of hydrogen-bond acceptors (Lipinski definition) is 5. The van der Waals surface area contributed by atoms with Crippen LogP contribution in [0.1, 0.15) is 12.8 Å². The van der Waals surface area contributed by atoms with Crippen LogP contribution in [0, 0.1) is 5.92 Å². The second-order valence-corrected chi connectivity index (χ2v) is 5.06. The number of hydrogen-bond donors (Lipinski definition) is 3. The highest BCUT2D eigenvalue weighted by molar-refractivity contribution is 5.61. The van der Waals surface area contributed by atoms with Gasteiger partial charge in [0, 0.05) is 12.6 Å². The molecule has 4 heterocycles. The summed E-state index contributed by atoms with van der Waals surface area (Å²) in [5.41, 5.74) is 11.9. The van der Waals surface area contributed by atoms with Crippen molar-refractivity contribution in [1.29, 1.82) is 0 Å². The van der Waals surface area contributed by atoms with Gasteiger partial charge in [-0.25, -0.2) is 4.98 Å². The van der Waals surface area contributed by atoms with E-state index in [2.05, 4.69) is 15.2 Å². The van der Waals surface area contributed by atoms with Crippen molar-refractivity contribution >= 4 is 17.3 Å². The number of anilines is 3. The molecular formula is C12H19N5. The Hall–Kier alpha value is -1.49. The summed E-state index contributed by atoms with van der Waals surface area (Å²) in [7, 11) is 0. The smallest absolute Gasteiger partial charge is 0.149 e. The second kappa shape index (κ2) is 4.07. The Morgan fingerprint density at radius 1 is 1.24 bits per heavy atom. The Labute approximate surface area is 101 Å². The third-order valence-electron chi connectivity index (χ3n) is 3.95. The lowest BCUT2D eigenvalue weighted by molar-refractivity contribution is 0.0974. The van der Waals surface area contributed by atoms with E-state index in [1.165, 1.54) is 25.9 Å². The predicted octanol–water partition coefficient (Wildman–Crippen LogP) is 0.752. The van der Waals surface area contributed by atoms with Crippen molar-refractivity contribution in [2.45, 2.75) is 18.9 Å². The van der Waals surface area contributed by atoms with Gasteiger partial charge in [0.25, 0.3) is 0 Å². The molecule has 0 spiro atoms. The number of nitrogen functional groups attached to an aromatic ring is 2. The molecular weight excluding hydrogens is 214 g/mol. The number of fused-ring (bicyclic) bond motifs is 3. The van der Waals surface area contributed by atoms with Crippen LogP contribution < -0.4 is 16.8 Å². The highest BCUT2D eigenvalue weighted by atomic mass is 15.2. The van der Waals surface area contributed by atoms with Crippen LogP contribution >= 0.6 is 0 Å². The fraction of sp³-hybridized carbons (Fsp3) is 0.583. The Kier molecular flexibility index (Phi) is 2.55. The molecule has 4 rings (SSSR count). The van der Waals surface area contributed by atoms with E-state index >= 15 is 0 Å². The van der Waals surface area contributed by atoms with Crippen molar-refractivity contribution < 1.29 is 0 Å². The van der Waals surface area contributed by atoms with Crippen molar-refractivity contribution in [3.8, 4) is 0 Å². The number of aromatic nitrogens is 1. The molecule has 17 heavy (non-hydrogen) atoms. The van der Waals surface area contributed by atoms with Crippen LogP contribution in [-0.4, -0.2) is 35.6 Å². The first kappa shape index (κ1) is 10.7. The van der Waals surface area contributed by atoms with Gasteiger partial charge in [-0.2, -0.15) is 0 Å². The van der Waals surface area contributed by atoms with Crippen molar-refractivity contribution in [2.75, 3.05) is 36.4 Å². The summed E-state index contributed by atoms with van der Waals surface area (Å²) in [5.74, 6) is 2.03. The molecule has 0 saturated carbocycles. The molecule has 0 amide bonds. The van der Waals surface area contributed by atoms with E-state index in [0.29, 0.717) is 17.5 Å². The maximum absolute atomic E-state index is 5.72. The van der Waals surface area contributed by atoms with Crippen LogP contribution in [0.5, 0.6) is 0 Å². The van der Waals surface area contributed by atoms with Crippen molar-refractivity contribution in [3.63, 3.8) is 0 Å². The van der Waals surface area contributed by atoms with Gasteiger partial charge in [0.1, 0.15) is 11.6 Å². The Balaban J connectivity index is 1.72. The number of nitrogens with zero attached hydrogens (tertiary/aromatic N) is 2. The van der Waals surface area contributed by atoms with Gasteiger partial charge in [-0.1, -0.05) is 0 Å². The van der Waals surface area contributed by atoms with E-state index in [9.17, 15) is 0 Å². The first-order valence-corrected chi connectivity index (χ1v) is 6.23. The molecule has 1 aromatic rings. The molecule has 3 aliphatic heterocycles. The average Bonchev–Trinajstić information content (AvgIpc) is 2.35. The number of nitrogens with one attached hydrogen (secondary N) is 1. The Morgan fingerprint density at radius 2 is 2.00 bits per heavy atom. The summed E-state index contributed by atoms with van der Waals surface area (Å²) < 4.78 is 0. The molecule has 5 nitrogen and oxygen atoms in total. The maximum atomic E-state index is 5.72. The van der Waals surface area contributed by atoms with Crippen LogP contribution in [0.3, 0.4) is 0 Å². The van der Waals surface area contributed by atoms with E-state index in [1.807, 2.05) is 12.1 Å². The van der Waals surface area contributed by atoms with Crippen molar-refractivity contribution in [2.24, 2.45) is 5.92 Å². The molecule has 92 valence electrons. The van der Waals surface area contributed by atoms with Crippen LogP contribution in [-0.2, 0) is 0 Å². The van der Waals surface area contributed by atoms with E-state index < -0.39 is 0 Å². The minimum Gasteiger partial charge on any atom is -0.396 e. The zero-order valence-corrected chi connectivity index (χ0v) is 9.89. The summed E-state index contributed by atoms with van der Waals surface area (Å²) in [4.78, 5) is 6.79. The van der Waals surface area contributed by atoms with E-state index in [0.717, 1.165) is 18.3 Å². The van der Waals surface area contributed by atoms with E-state index in [1.54, 1.807) is 0 Å². The third kappa shape index (κ3) is 2.02. The van der Waals surface area contributed by atoms with Crippen LogP contribution in [0.4, 0.5) is 17.3 Å². The fourth-order valence-electron chi connectivity index (χ4n) is 2.88. The molecule has 1 atom stereocenters. The van der Waals surface area contributed by atoms with Gasteiger partial charge < -0.3 is 21.7 Å². The van der Waals surface area contributed by atoms with Crippen LogP contribution in [0.25, 0.3) is 0 Å². The zero-order chi connectivity index (χ0) is 11.8. The minimum absolute atomic E-state index is 0.413. The van der Waals surface area contributed by atoms with Gasteiger partial charge in [-0.05, 0) is 44.0 Å². The minimum atomic E-state index is 0.413. The zero-order valence-electron chi connectivity index (χ0n) is 9.89. The van der Waals surface area contributed by atoms with Gasteiger partial charge in [-0.15, -0.1) is 0 Å². The Morgan fingerprint density at radius 3 is 2.59 bits per heavy atom. The molecule has 3 aliphatic rings. The largest absolute Gasteiger partial charge is 0.396 e. The molecule has 0 aromatic carbocycles. The maximum Gasteiger partial charge on any atom is 0.149 e. The summed E-state index contributed by atoms with van der Waals surface area (Å²) in [5, 5.41) is 3.49. The van der Waals surface area contributed by atoms with E-state index in [4.69, 9.17) is 11.5 Å². The second-order valence-electron chi connectivity index (χ2n) is 5.06. The topological polar surface area (TPSA) is 80.2 Å². The van der Waals surface area contributed by atoms with Gasteiger partial charge in [0.05, 0.1) is 5.69 Å². The van der Waals surface area contributed by atoms with Gasteiger partial charge in [-0.3, -0.25) is 0 Å². The number of piperidine rings is 3. The predicted molar refractivity (Wildman–Crippen MR) is 69.6 cm³/mol. The standard InChI is InChI=1S/C12H19N5/c13-9-1-2-11(16-12(9)14)15-10-7-17-5-3-8(10)4-6-17/h1-2,8,10H,3-7,13H2,(H3,14,15,16). The first-order chi connectivity index (χ1) is 8.22. The number of nitrogens with two attached hydrogens (primary N) is 2. The SMILES string of the molecule is Nc1ccc(NC2CN3CCC2CC3)nc1N. The Bertz CT molecular complexity index is 411. The van der Waals surface area contributed by atoms with Gasteiger partial charge in [0.15, 0.2) is 0 Å². The highest BCUT2D eigenvalue weighted by Crippen LogP contribution is 2.29. The average molecular weight is 233 g/mol. The fourth-order valence-corrected chi connectivity index (χ4v) is 2.88. The lowest BCUT2D eigenvalue weighted by Crippen LogP contribution is -2.53. The molecule has 0 aliphatic carbocycles. The normalized spacial score (nSPS) is 31.4. The van der Waals surface area contributed by atoms with E-state index in [-0.39, 0.29) is 0 Å². The van der Waals surface area contributed by atoms with Crippen LogP contribution in [0.2, 0.25) is 0 Å². The van der Waals surface area contributed by atoms with Crippen molar-refractivity contribution in [3.05, 3.63) is 12.1 Å². The van der Waals surface area contributed by atoms with Gasteiger partial charge in [0.2, 0.25) is 0 Å². The first-order valence-electron chi connectivity index (χ1n) is 6.23. The molecule has 1 unspecified atom stereocenters. The monoisotopic (exact) mass is 233 g/mol. The summed E-state index contributed by atoms with van der Waals surface area (Å²) in [6.07, 6.45) is 2.59. The van der Waals surface area contributed by atoms with Gasteiger partial charge >= 0.3 is 0 Å². The lowest BCUT2D eigenvalue weighted by atomic mass is 9.84. The molecule has 2 bridgehead atoms. The van der Waals surface area contributed by atoms with Crippen molar-refractivity contribution in [1.82, 2.24) is 9.88 Å². The molecule has 3 fully saturated rings. The molecule has 5 heteroatoms. The highest BCUT2D eigenvalue weighted by Gasteiger charge is 2.34. The molecule has 1 aromatic heterocycles. The molecule has 5 N–H and O–H groups in total. The third-order valence-corrected chi connectivity index (χ3v) is 3.95. The van der Waals surface area contributed by atoms with Crippen LogP contribution in [0.15, 0.2) is 12.1 Å². The number of rotatable bonds is 2. The lowest BCUT2D eigenvalue weighted by Gasteiger charge is -2.45. The molecule has 0 radical (unpaired) electrons. The molecule has 3 saturated heterocycles. The number of pyridine rings is 1. The quantitative estimate of drug-likeness (QED) is 0.702. The summed E-state index contributed by atoms with van der Waals surface area (Å²) in [6, 6.07) is 4.23.